The molecule has 1 heterocycles. The van der Waals surface area contributed by atoms with Crippen LogP contribution in [0.5, 0.6) is 5.75 Å². The fraction of sp³-hybridized carbons (Fsp3) is 0.467. The Morgan fingerprint density at radius 1 is 1.30 bits per heavy atom. The summed E-state index contributed by atoms with van der Waals surface area (Å²) in [6, 6.07) is 7.45. The normalized spacial score (nSPS) is 12.3. The molecule has 2 rings (SSSR count). The van der Waals surface area contributed by atoms with E-state index in [1.807, 2.05) is 31.2 Å². The van der Waals surface area contributed by atoms with E-state index in [2.05, 4.69) is 17.1 Å². The second kappa shape index (κ2) is 7.05. The first kappa shape index (κ1) is 14.5. The smallest absolute Gasteiger partial charge is 0.264 e. The van der Waals surface area contributed by atoms with Crippen LogP contribution < -0.4 is 4.74 Å². The second-order valence-electron chi connectivity index (χ2n) is 4.60. The predicted octanol–water partition coefficient (Wildman–Crippen LogP) is 3.04. The first-order chi connectivity index (χ1) is 9.74. The van der Waals surface area contributed by atoms with Gasteiger partial charge in [-0.3, -0.25) is 0 Å². The molecule has 0 aliphatic rings. The van der Waals surface area contributed by atoms with E-state index in [1.54, 1.807) is 0 Å². The van der Waals surface area contributed by atoms with Crippen molar-refractivity contribution in [3.05, 3.63) is 41.5 Å². The molecule has 1 aromatic carbocycles. The number of benzene rings is 1. The van der Waals surface area contributed by atoms with Crippen LogP contribution in [-0.4, -0.2) is 15.2 Å². The van der Waals surface area contributed by atoms with E-state index < -0.39 is 6.10 Å². The molecule has 0 unspecified atom stereocenters. The molecule has 5 nitrogen and oxygen atoms in total. The van der Waals surface area contributed by atoms with Gasteiger partial charge in [0.25, 0.3) is 5.89 Å². The lowest BCUT2D eigenvalue weighted by Gasteiger charge is -2.13. The second-order valence-corrected chi connectivity index (χ2v) is 4.60. The number of aromatic nitrogens is 2. The van der Waals surface area contributed by atoms with Gasteiger partial charge in [-0.05, 0) is 18.9 Å². The Morgan fingerprint density at radius 3 is 2.85 bits per heavy atom. The average Bonchev–Trinajstić information content (AvgIpc) is 2.93. The van der Waals surface area contributed by atoms with E-state index in [-0.39, 0.29) is 6.61 Å². The van der Waals surface area contributed by atoms with Crippen molar-refractivity contribution in [3.63, 3.8) is 0 Å². The van der Waals surface area contributed by atoms with Crippen molar-refractivity contribution in [1.29, 1.82) is 0 Å². The van der Waals surface area contributed by atoms with Gasteiger partial charge >= 0.3 is 0 Å². The van der Waals surface area contributed by atoms with Crippen molar-refractivity contribution in [1.82, 2.24) is 10.1 Å². The van der Waals surface area contributed by atoms with Crippen molar-refractivity contribution < 1.29 is 14.4 Å². The molecular weight excluding hydrogens is 256 g/mol. The summed E-state index contributed by atoms with van der Waals surface area (Å²) >= 11 is 0. The van der Waals surface area contributed by atoms with Crippen molar-refractivity contribution in [2.75, 3.05) is 0 Å². The fourth-order valence-corrected chi connectivity index (χ4v) is 1.92. The Hall–Kier alpha value is -1.88. The maximum atomic E-state index is 9.95. The number of para-hydroxylation sites is 1. The standard InChI is InChI=1S/C15H20N2O3/c1-3-7-14-16-15(20-17-14)10-19-13-9-6-5-8-11(13)12(18)4-2/h5-6,8-9,12,18H,3-4,7,10H2,1-2H3/t12-/m0/s1. The van der Waals surface area contributed by atoms with Crippen LogP contribution in [0.3, 0.4) is 0 Å². The number of rotatable bonds is 7. The van der Waals surface area contributed by atoms with Crippen LogP contribution >= 0.6 is 0 Å². The lowest BCUT2D eigenvalue weighted by molar-refractivity contribution is 0.163. The summed E-state index contributed by atoms with van der Waals surface area (Å²) in [6.45, 7) is 4.20. The Morgan fingerprint density at radius 2 is 2.10 bits per heavy atom. The maximum Gasteiger partial charge on any atom is 0.264 e. The van der Waals surface area contributed by atoms with Crippen molar-refractivity contribution in [2.45, 2.75) is 45.8 Å². The zero-order valence-electron chi connectivity index (χ0n) is 11.9. The molecule has 2 aromatic rings. The molecular formula is C15H20N2O3. The highest BCUT2D eigenvalue weighted by molar-refractivity contribution is 5.35. The lowest BCUT2D eigenvalue weighted by atomic mass is 10.1. The quantitative estimate of drug-likeness (QED) is 0.841. The van der Waals surface area contributed by atoms with Gasteiger partial charge in [0.15, 0.2) is 12.4 Å². The maximum absolute atomic E-state index is 9.95. The molecule has 1 atom stereocenters. The Balaban J connectivity index is 2.02. The van der Waals surface area contributed by atoms with Crippen molar-refractivity contribution in [3.8, 4) is 5.75 Å². The fourth-order valence-electron chi connectivity index (χ4n) is 1.92. The third kappa shape index (κ3) is 3.57. The van der Waals surface area contributed by atoms with Crippen LogP contribution in [0, 0.1) is 0 Å². The molecule has 0 aliphatic carbocycles. The number of hydrogen-bond acceptors (Lipinski definition) is 5. The van der Waals surface area contributed by atoms with Crippen molar-refractivity contribution >= 4 is 0 Å². The van der Waals surface area contributed by atoms with E-state index in [0.29, 0.717) is 23.9 Å². The summed E-state index contributed by atoms with van der Waals surface area (Å²) in [5.41, 5.74) is 0.781. The minimum Gasteiger partial charge on any atom is -0.483 e. The average molecular weight is 276 g/mol. The molecule has 0 radical (unpaired) electrons. The van der Waals surface area contributed by atoms with E-state index in [1.165, 1.54) is 0 Å². The molecule has 1 N–H and O–H groups in total. The van der Waals surface area contributed by atoms with Gasteiger partial charge in [-0.25, -0.2) is 0 Å². The number of ether oxygens (including phenoxy) is 1. The molecule has 0 spiro atoms. The highest BCUT2D eigenvalue weighted by atomic mass is 16.5. The van der Waals surface area contributed by atoms with Crippen LogP contribution in [0.15, 0.2) is 28.8 Å². The molecule has 0 saturated heterocycles. The molecule has 0 amide bonds. The minimum absolute atomic E-state index is 0.212. The summed E-state index contributed by atoms with van der Waals surface area (Å²) in [5, 5.41) is 13.8. The summed E-state index contributed by atoms with van der Waals surface area (Å²) < 4.78 is 10.8. The largest absolute Gasteiger partial charge is 0.483 e. The van der Waals surface area contributed by atoms with Gasteiger partial charge in [-0.1, -0.05) is 37.2 Å². The number of hydrogen-bond donors (Lipinski definition) is 1. The summed E-state index contributed by atoms with van der Waals surface area (Å²) in [6.07, 6.45) is 1.89. The van der Waals surface area contributed by atoms with Crippen LogP contribution in [0.4, 0.5) is 0 Å². The van der Waals surface area contributed by atoms with Crippen LogP contribution in [0.1, 0.15) is 50.1 Å². The topological polar surface area (TPSA) is 68.4 Å². The third-order valence-electron chi connectivity index (χ3n) is 3.00. The van der Waals surface area contributed by atoms with Gasteiger partial charge < -0.3 is 14.4 Å². The Labute approximate surface area is 118 Å². The molecule has 20 heavy (non-hydrogen) atoms. The van der Waals surface area contributed by atoms with E-state index in [0.717, 1.165) is 18.4 Å². The van der Waals surface area contributed by atoms with Gasteiger partial charge in [-0.2, -0.15) is 4.98 Å². The summed E-state index contributed by atoms with van der Waals surface area (Å²) in [7, 11) is 0. The van der Waals surface area contributed by atoms with Gasteiger partial charge in [-0.15, -0.1) is 0 Å². The Bertz CT molecular complexity index is 539. The number of aliphatic hydroxyl groups is 1. The first-order valence-corrected chi connectivity index (χ1v) is 6.95. The van der Waals surface area contributed by atoms with E-state index >= 15 is 0 Å². The highest BCUT2D eigenvalue weighted by Gasteiger charge is 2.12. The van der Waals surface area contributed by atoms with Crippen LogP contribution in [0.25, 0.3) is 0 Å². The van der Waals surface area contributed by atoms with Crippen LogP contribution in [0.2, 0.25) is 0 Å². The Kier molecular flexibility index (Phi) is 5.12. The first-order valence-electron chi connectivity index (χ1n) is 6.95. The van der Waals surface area contributed by atoms with E-state index in [4.69, 9.17) is 9.26 Å². The van der Waals surface area contributed by atoms with Gasteiger partial charge in [0.05, 0.1) is 6.10 Å². The lowest BCUT2D eigenvalue weighted by Crippen LogP contribution is -2.02. The van der Waals surface area contributed by atoms with Crippen LogP contribution in [-0.2, 0) is 13.0 Å². The predicted molar refractivity (Wildman–Crippen MR) is 74.3 cm³/mol. The van der Waals surface area contributed by atoms with Crippen molar-refractivity contribution in [2.24, 2.45) is 0 Å². The number of nitrogens with zero attached hydrogens (tertiary/aromatic N) is 2. The van der Waals surface area contributed by atoms with Gasteiger partial charge in [0.2, 0.25) is 0 Å². The highest BCUT2D eigenvalue weighted by Crippen LogP contribution is 2.27. The zero-order chi connectivity index (χ0) is 14.4. The number of aliphatic hydroxyl groups excluding tert-OH is 1. The third-order valence-corrected chi connectivity index (χ3v) is 3.00. The summed E-state index contributed by atoms with van der Waals surface area (Å²) in [4.78, 5) is 4.24. The SMILES string of the molecule is CCCc1noc(COc2ccccc2[C@@H](O)CC)n1. The summed E-state index contributed by atoms with van der Waals surface area (Å²) in [5.74, 6) is 1.80. The molecule has 0 aliphatic heterocycles. The monoisotopic (exact) mass is 276 g/mol. The molecule has 0 saturated carbocycles. The molecule has 108 valence electrons. The molecule has 1 aromatic heterocycles. The minimum atomic E-state index is -0.524. The van der Waals surface area contributed by atoms with Gasteiger partial charge in [0, 0.05) is 12.0 Å². The molecule has 0 fully saturated rings. The zero-order valence-corrected chi connectivity index (χ0v) is 11.9. The number of aryl methyl sites for hydroxylation is 1. The molecule has 5 heteroatoms. The van der Waals surface area contributed by atoms with E-state index in [9.17, 15) is 5.11 Å². The molecule has 0 bridgehead atoms. The van der Waals surface area contributed by atoms with Gasteiger partial charge in [0.1, 0.15) is 5.75 Å².